The third-order valence-corrected chi connectivity index (χ3v) is 1.36. The third kappa shape index (κ3) is 0.586. The standard InChI is InChI=1S/C6H5N3O/c10-5-3-7-4-9-2-1-8-6(5)9/h1-2,4H,3H2. The number of carbonyl (C=O) groups is 1. The molecule has 1 aromatic rings. The van der Waals surface area contributed by atoms with Crippen LogP contribution < -0.4 is 0 Å². The quantitative estimate of drug-likeness (QED) is 0.501. The van der Waals surface area contributed by atoms with Crippen LogP contribution in [0.5, 0.6) is 0 Å². The smallest absolute Gasteiger partial charge is 0.219 e. The lowest BCUT2D eigenvalue weighted by Gasteiger charge is -2.03. The molecule has 2 rings (SSSR count). The minimum absolute atomic E-state index is 0.0208. The van der Waals surface area contributed by atoms with Crippen molar-refractivity contribution in [2.75, 3.05) is 6.54 Å². The van der Waals surface area contributed by atoms with Crippen molar-refractivity contribution in [1.82, 2.24) is 9.55 Å². The number of nitrogens with zero attached hydrogens (tertiary/aromatic N) is 3. The van der Waals surface area contributed by atoms with Gasteiger partial charge in [-0.1, -0.05) is 0 Å². The molecule has 0 N–H and O–H groups in total. The average Bonchev–Trinajstić information content (AvgIpc) is 2.36. The van der Waals surface area contributed by atoms with Crippen molar-refractivity contribution in [3.8, 4) is 0 Å². The van der Waals surface area contributed by atoms with Crippen LogP contribution in [0, 0.1) is 0 Å². The molecule has 1 aromatic heterocycles. The molecule has 0 amide bonds. The zero-order valence-electron chi connectivity index (χ0n) is 5.19. The van der Waals surface area contributed by atoms with Crippen LogP contribution in [0.2, 0.25) is 0 Å². The molecular formula is C6H5N3O. The van der Waals surface area contributed by atoms with Gasteiger partial charge in [0.2, 0.25) is 5.78 Å². The molecule has 0 atom stereocenters. The van der Waals surface area contributed by atoms with Gasteiger partial charge in [-0.15, -0.1) is 0 Å². The van der Waals surface area contributed by atoms with Crippen molar-refractivity contribution in [3.63, 3.8) is 0 Å². The largest absolute Gasteiger partial charge is 0.289 e. The molecule has 0 fully saturated rings. The van der Waals surface area contributed by atoms with Gasteiger partial charge in [0.05, 0.1) is 6.34 Å². The SMILES string of the molecule is O=C1CN=Cn2ccnc21. The number of fused-ring (bicyclic) bond motifs is 1. The summed E-state index contributed by atoms with van der Waals surface area (Å²) in [5.41, 5.74) is 0. The van der Waals surface area contributed by atoms with E-state index in [1.54, 1.807) is 23.3 Å². The second kappa shape index (κ2) is 1.76. The number of imidazole rings is 1. The number of ketones is 1. The molecule has 0 radical (unpaired) electrons. The van der Waals surface area contributed by atoms with Crippen LogP contribution in [0.1, 0.15) is 10.6 Å². The Hall–Kier alpha value is -1.45. The van der Waals surface area contributed by atoms with Gasteiger partial charge in [0.15, 0.2) is 5.82 Å². The minimum Gasteiger partial charge on any atom is -0.289 e. The van der Waals surface area contributed by atoms with Crippen molar-refractivity contribution >= 4 is 12.1 Å². The number of aromatic nitrogens is 2. The first-order valence-corrected chi connectivity index (χ1v) is 2.94. The number of hydrogen-bond donors (Lipinski definition) is 0. The van der Waals surface area contributed by atoms with Crippen LogP contribution in [0.25, 0.3) is 0 Å². The lowest BCUT2D eigenvalue weighted by Crippen LogP contribution is -2.17. The summed E-state index contributed by atoms with van der Waals surface area (Å²) >= 11 is 0. The number of Topliss-reactive ketones (excluding diaryl/α,β-unsaturated/α-hetero) is 1. The summed E-state index contributed by atoms with van der Waals surface area (Å²) in [4.78, 5) is 18.6. The van der Waals surface area contributed by atoms with E-state index in [4.69, 9.17) is 0 Å². The maximum absolute atomic E-state index is 10.9. The van der Waals surface area contributed by atoms with Crippen molar-refractivity contribution in [2.24, 2.45) is 4.99 Å². The molecule has 0 spiro atoms. The first-order valence-electron chi connectivity index (χ1n) is 2.94. The normalized spacial score (nSPS) is 15.4. The molecular weight excluding hydrogens is 130 g/mol. The van der Waals surface area contributed by atoms with Gasteiger partial charge in [-0.2, -0.15) is 0 Å². The zero-order chi connectivity index (χ0) is 6.97. The molecule has 0 bridgehead atoms. The molecule has 50 valence electrons. The summed E-state index contributed by atoms with van der Waals surface area (Å²) in [6, 6.07) is 0. The molecule has 0 saturated carbocycles. The van der Waals surface area contributed by atoms with E-state index in [-0.39, 0.29) is 12.3 Å². The molecule has 1 aliphatic rings. The monoisotopic (exact) mass is 135 g/mol. The molecule has 0 unspecified atom stereocenters. The van der Waals surface area contributed by atoms with Crippen LogP contribution in [-0.2, 0) is 0 Å². The van der Waals surface area contributed by atoms with Gasteiger partial charge in [0, 0.05) is 12.4 Å². The molecule has 0 aliphatic carbocycles. The topological polar surface area (TPSA) is 47.2 Å². The molecule has 1 aliphatic heterocycles. The Labute approximate surface area is 57.2 Å². The second-order valence-electron chi connectivity index (χ2n) is 2.04. The molecule has 2 heterocycles. The average molecular weight is 135 g/mol. The van der Waals surface area contributed by atoms with E-state index in [0.29, 0.717) is 5.82 Å². The lowest BCUT2D eigenvalue weighted by molar-refractivity contribution is 0.0988. The lowest BCUT2D eigenvalue weighted by atomic mass is 10.3. The molecule has 0 aromatic carbocycles. The Morgan fingerprint density at radius 2 is 2.50 bits per heavy atom. The summed E-state index contributed by atoms with van der Waals surface area (Å²) in [5.74, 6) is 0.461. The fourth-order valence-electron chi connectivity index (χ4n) is 0.905. The van der Waals surface area contributed by atoms with Gasteiger partial charge in [-0.25, -0.2) is 4.98 Å². The van der Waals surface area contributed by atoms with E-state index in [0.717, 1.165) is 0 Å². The Morgan fingerprint density at radius 3 is 3.30 bits per heavy atom. The van der Waals surface area contributed by atoms with Gasteiger partial charge in [0.25, 0.3) is 0 Å². The summed E-state index contributed by atoms with van der Waals surface area (Å²) in [7, 11) is 0. The third-order valence-electron chi connectivity index (χ3n) is 1.36. The van der Waals surface area contributed by atoms with Crippen LogP contribution in [0.4, 0.5) is 0 Å². The van der Waals surface area contributed by atoms with Gasteiger partial charge >= 0.3 is 0 Å². The summed E-state index contributed by atoms with van der Waals surface area (Å²) in [6.07, 6.45) is 4.89. The molecule has 4 nitrogen and oxygen atoms in total. The van der Waals surface area contributed by atoms with E-state index >= 15 is 0 Å². The van der Waals surface area contributed by atoms with E-state index in [2.05, 4.69) is 9.98 Å². The number of aliphatic imine (C=N–C) groups is 1. The van der Waals surface area contributed by atoms with Crippen molar-refractivity contribution in [1.29, 1.82) is 0 Å². The van der Waals surface area contributed by atoms with Gasteiger partial charge < -0.3 is 0 Å². The first kappa shape index (κ1) is 5.34. The highest BCUT2D eigenvalue weighted by molar-refractivity contribution is 5.98. The Kier molecular flexibility index (Phi) is 0.943. The highest BCUT2D eigenvalue weighted by Crippen LogP contribution is 2.00. The Morgan fingerprint density at radius 1 is 1.60 bits per heavy atom. The number of rotatable bonds is 0. The van der Waals surface area contributed by atoms with Gasteiger partial charge in [-0.3, -0.25) is 14.4 Å². The fraction of sp³-hybridized carbons (Fsp3) is 0.167. The van der Waals surface area contributed by atoms with E-state index in [9.17, 15) is 4.79 Å². The maximum Gasteiger partial charge on any atom is 0.219 e. The minimum atomic E-state index is -0.0208. The fourth-order valence-corrected chi connectivity index (χ4v) is 0.905. The number of hydrogen-bond acceptors (Lipinski definition) is 3. The van der Waals surface area contributed by atoms with Gasteiger partial charge in [-0.05, 0) is 0 Å². The summed E-state index contributed by atoms with van der Waals surface area (Å²) in [5, 5.41) is 0. The van der Waals surface area contributed by atoms with E-state index in [1.807, 2.05) is 0 Å². The highest BCUT2D eigenvalue weighted by Gasteiger charge is 2.13. The molecule has 10 heavy (non-hydrogen) atoms. The van der Waals surface area contributed by atoms with Crippen LogP contribution in [0.3, 0.4) is 0 Å². The zero-order valence-corrected chi connectivity index (χ0v) is 5.19. The predicted molar refractivity (Wildman–Crippen MR) is 35.3 cm³/mol. The van der Waals surface area contributed by atoms with E-state index < -0.39 is 0 Å². The maximum atomic E-state index is 10.9. The van der Waals surface area contributed by atoms with Gasteiger partial charge in [0.1, 0.15) is 6.54 Å². The van der Waals surface area contributed by atoms with Crippen LogP contribution in [-0.4, -0.2) is 28.2 Å². The van der Waals surface area contributed by atoms with Crippen LogP contribution >= 0.6 is 0 Å². The van der Waals surface area contributed by atoms with Crippen molar-refractivity contribution < 1.29 is 4.79 Å². The van der Waals surface area contributed by atoms with Crippen molar-refractivity contribution in [3.05, 3.63) is 18.2 Å². The van der Waals surface area contributed by atoms with E-state index in [1.165, 1.54) is 0 Å². The number of carbonyl (C=O) groups excluding carboxylic acids is 1. The highest BCUT2D eigenvalue weighted by atomic mass is 16.1. The van der Waals surface area contributed by atoms with Crippen LogP contribution in [0.15, 0.2) is 17.4 Å². The Bertz CT molecular complexity index is 300. The summed E-state index contributed by atoms with van der Waals surface area (Å²) in [6.45, 7) is 0.233. The molecule has 0 saturated heterocycles. The predicted octanol–water partition coefficient (Wildman–Crippen LogP) is -0.0442. The summed E-state index contributed by atoms with van der Waals surface area (Å²) < 4.78 is 1.62. The molecule has 4 heteroatoms. The second-order valence-corrected chi connectivity index (χ2v) is 2.04. The van der Waals surface area contributed by atoms with Crippen molar-refractivity contribution in [2.45, 2.75) is 0 Å². The first-order chi connectivity index (χ1) is 4.88. The Balaban J connectivity index is 2.62.